The van der Waals surface area contributed by atoms with Crippen molar-refractivity contribution in [2.75, 3.05) is 20.8 Å². The number of benzene rings is 1. The molecule has 0 spiro atoms. The Morgan fingerprint density at radius 3 is 2.38 bits per heavy atom. The lowest BCUT2D eigenvalue weighted by molar-refractivity contribution is 0.392. The van der Waals surface area contributed by atoms with Crippen molar-refractivity contribution in [1.29, 1.82) is 0 Å². The Labute approximate surface area is 123 Å². The molecule has 1 aromatic carbocycles. The van der Waals surface area contributed by atoms with E-state index < -0.39 is 0 Å². The fraction of sp³-hybridized carbons (Fsp3) is 0.312. The van der Waals surface area contributed by atoms with Gasteiger partial charge in [-0.05, 0) is 30.3 Å². The topological polar surface area (TPSA) is 43.4 Å². The van der Waals surface area contributed by atoms with E-state index in [1.54, 1.807) is 32.5 Å². The zero-order valence-corrected chi connectivity index (χ0v) is 12.4. The molecule has 1 unspecified atom stereocenters. The van der Waals surface area contributed by atoms with Crippen molar-refractivity contribution < 1.29 is 13.9 Å². The highest BCUT2D eigenvalue weighted by Gasteiger charge is 2.18. The molecule has 1 atom stereocenters. The van der Waals surface area contributed by atoms with Crippen LogP contribution in [-0.4, -0.2) is 25.7 Å². The second-order valence-electron chi connectivity index (χ2n) is 4.53. The third-order valence-electron chi connectivity index (χ3n) is 3.23. The average Bonchev–Trinajstić information content (AvgIpc) is 2.53. The maximum Gasteiger partial charge on any atom is 0.146 e. The first-order valence-corrected chi connectivity index (χ1v) is 6.75. The third kappa shape index (κ3) is 3.49. The van der Waals surface area contributed by atoms with Crippen molar-refractivity contribution in [3.8, 4) is 11.5 Å². The molecule has 21 heavy (non-hydrogen) atoms. The zero-order chi connectivity index (χ0) is 15.2. The van der Waals surface area contributed by atoms with Gasteiger partial charge in [-0.25, -0.2) is 4.39 Å². The third-order valence-corrected chi connectivity index (χ3v) is 3.23. The van der Waals surface area contributed by atoms with Gasteiger partial charge >= 0.3 is 0 Å². The molecule has 0 bridgehead atoms. The smallest absolute Gasteiger partial charge is 0.146 e. The van der Waals surface area contributed by atoms with E-state index in [2.05, 4.69) is 10.3 Å². The highest BCUT2D eigenvalue weighted by Crippen LogP contribution is 2.30. The van der Waals surface area contributed by atoms with Gasteiger partial charge in [-0.1, -0.05) is 6.92 Å². The van der Waals surface area contributed by atoms with Gasteiger partial charge in [-0.3, -0.25) is 4.98 Å². The number of ether oxygens (including phenoxy) is 2. The fourth-order valence-electron chi connectivity index (χ4n) is 2.23. The Balaban J connectivity index is 2.50. The summed E-state index contributed by atoms with van der Waals surface area (Å²) < 4.78 is 24.6. The fourth-order valence-corrected chi connectivity index (χ4v) is 2.23. The normalized spacial score (nSPS) is 12.0. The van der Waals surface area contributed by atoms with E-state index in [0.717, 1.165) is 5.56 Å². The lowest BCUT2D eigenvalue weighted by Crippen LogP contribution is -2.23. The van der Waals surface area contributed by atoms with Crippen molar-refractivity contribution in [3.05, 3.63) is 53.6 Å². The first kappa shape index (κ1) is 15.3. The van der Waals surface area contributed by atoms with Crippen molar-refractivity contribution in [1.82, 2.24) is 10.3 Å². The Kier molecular flexibility index (Phi) is 5.11. The number of rotatable bonds is 6. The van der Waals surface area contributed by atoms with Gasteiger partial charge in [0.25, 0.3) is 0 Å². The van der Waals surface area contributed by atoms with E-state index in [-0.39, 0.29) is 11.9 Å². The van der Waals surface area contributed by atoms with Crippen LogP contribution in [0.2, 0.25) is 0 Å². The molecule has 1 heterocycles. The lowest BCUT2D eigenvalue weighted by atomic mass is 9.98. The highest BCUT2D eigenvalue weighted by molar-refractivity contribution is 5.43. The second-order valence-corrected chi connectivity index (χ2v) is 4.53. The Morgan fingerprint density at radius 1 is 1.19 bits per heavy atom. The molecule has 2 aromatic rings. The van der Waals surface area contributed by atoms with E-state index in [9.17, 15) is 4.39 Å². The first-order chi connectivity index (χ1) is 10.2. The molecule has 0 saturated heterocycles. The molecular formula is C16H19FN2O2. The van der Waals surface area contributed by atoms with Crippen LogP contribution in [0.15, 0.2) is 36.7 Å². The molecule has 2 rings (SSSR count). The molecule has 1 aromatic heterocycles. The van der Waals surface area contributed by atoms with Gasteiger partial charge < -0.3 is 14.8 Å². The number of hydrogen-bond acceptors (Lipinski definition) is 4. The summed E-state index contributed by atoms with van der Waals surface area (Å²) in [5.41, 5.74) is 1.42. The number of aromatic nitrogens is 1. The summed E-state index contributed by atoms with van der Waals surface area (Å²) in [6, 6.07) is 6.91. The maximum absolute atomic E-state index is 14.0. The minimum atomic E-state index is -0.342. The summed E-state index contributed by atoms with van der Waals surface area (Å²) in [4.78, 5) is 3.80. The van der Waals surface area contributed by atoms with Gasteiger partial charge in [0.1, 0.15) is 17.3 Å². The van der Waals surface area contributed by atoms with E-state index >= 15 is 0 Å². The minimum Gasteiger partial charge on any atom is -0.497 e. The van der Waals surface area contributed by atoms with Gasteiger partial charge in [0.05, 0.1) is 26.5 Å². The minimum absolute atomic E-state index is 0.290. The van der Waals surface area contributed by atoms with Gasteiger partial charge in [0.2, 0.25) is 0 Å². The molecule has 4 nitrogen and oxygen atoms in total. The average molecular weight is 290 g/mol. The number of nitrogens with zero attached hydrogens (tertiary/aromatic N) is 1. The summed E-state index contributed by atoms with van der Waals surface area (Å²) in [7, 11) is 3.18. The van der Waals surface area contributed by atoms with Gasteiger partial charge in [0.15, 0.2) is 0 Å². The Hall–Kier alpha value is -2.14. The van der Waals surface area contributed by atoms with Crippen molar-refractivity contribution in [2.45, 2.75) is 13.0 Å². The molecule has 0 radical (unpaired) electrons. The van der Waals surface area contributed by atoms with Crippen LogP contribution in [0, 0.1) is 5.82 Å². The summed E-state index contributed by atoms with van der Waals surface area (Å²) in [5, 5.41) is 3.28. The molecule has 5 heteroatoms. The molecule has 1 N–H and O–H groups in total. The number of pyridine rings is 1. The van der Waals surface area contributed by atoms with E-state index in [4.69, 9.17) is 9.47 Å². The molecule has 0 fully saturated rings. The number of halogens is 1. The van der Waals surface area contributed by atoms with Gasteiger partial charge in [0, 0.05) is 17.8 Å². The highest BCUT2D eigenvalue weighted by atomic mass is 19.1. The lowest BCUT2D eigenvalue weighted by Gasteiger charge is -2.20. The SMILES string of the molecule is CCNC(c1cc(OC)cc(OC)c1)c1ccncc1F. The largest absolute Gasteiger partial charge is 0.497 e. The quantitative estimate of drug-likeness (QED) is 0.888. The van der Waals surface area contributed by atoms with Crippen LogP contribution in [-0.2, 0) is 0 Å². The molecule has 0 amide bonds. The number of hydrogen-bond donors (Lipinski definition) is 1. The van der Waals surface area contributed by atoms with Crippen LogP contribution in [0.1, 0.15) is 24.1 Å². The summed E-state index contributed by atoms with van der Waals surface area (Å²) in [6.07, 6.45) is 2.80. The standard InChI is InChI=1S/C16H19FN2O2/c1-4-19-16(14-5-6-18-10-15(14)17)11-7-12(20-2)9-13(8-11)21-3/h5-10,16,19H,4H2,1-3H3. The second kappa shape index (κ2) is 7.04. The number of methoxy groups -OCH3 is 2. The molecule has 112 valence electrons. The van der Waals surface area contributed by atoms with Crippen LogP contribution < -0.4 is 14.8 Å². The zero-order valence-electron chi connectivity index (χ0n) is 12.4. The first-order valence-electron chi connectivity index (χ1n) is 6.75. The molecular weight excluding hydrogens is 271 g/mol. The van der Waals surface area contributed by atoms with Crippen LogP contribution in [0.3, 0.4) is 0 Å². The number of nitrogens with one attached hydrogen (secondary N) is 1. The van der Waals surface area contributed by atoms with Crippen molar-refractivity contribution in [3.63, 3.8) is 0 Å². The van der Waals surface area contributed by atoms with E-state index in [1.165, 1.54) is 6.20 Å². The van der Waals surface area contributed by atoms with Crippen molar-refractivity contribution in [2.24, 2.45) is 0 Å². The predicted molar refractivity (Wildman–Crippen MR) is 79.3 cm³/mol. The Morgan fingerprint density at radius 2 is 1.86 bits per heavy atom. The molecule has 0 aliphatic heterocycles. The summed E-state index contributed by atoms with van der Waals surface area (Å²) in [5.74, 6) is 0.994. The summed E-state index contributed by atoms with van der Waals surface area (Å²) >= 11 is 0. The molecule has 0 saturated carbocycles. The van der Waals surface area contributed by atoms with Crippen LogP contribution in [0.5, 0.6) is 11.5 Å². The Bertz CT molecular complexity index is 582. The predicted octanol–water partition coefficient (Wildman–Crippen LogP) is 2.94. The van der Waals surface area contributed by atoms with Crippen LogP contribution >= 0.6 is 0 Å². The van der Waals surface area contributed by atoms with Gasteiger partial charge in [-0.15, -0.1) is 0 Å². The molecule has 0 aliphatic rings. The van der Waals surface area contributed by atoms with Crippen molar-refractivity contribution >= 4 is 0 Å². The van der Waals surface area contributed by atoms with Crippen LogP contribution in [0.25, 0.3) is 0 Å². The van der Waals surface area contributed by atoms with E-state index in [0.29, 0.717) is 23.6 Å². The van der Waals surface area contributed by atoms with E-state index in [1.807, 2.05) is 19.1 Å². The summed E-state index contributed by atoms with van der Waals surface area (Å²) in [6.45, 7) is 2.68. The molecule has 0 aliphatic carbocycles. The monoisotopic (exact) mass is 290 g/mol. The van der Waals surface area contributed by atoms with Gasteiger partial charge in [-0.2, -0.15) is 0 Å². The maximum atomic E-state index is 14.0. The van der Waals surface area contributed by atoms with Crippen LogP contribution in [0.4, 0.5) is 4.39 Å².